The third-order valence-corrected chi connectivity index (χ3v) is 4.27. The number of rotatable bonds is 3. The molecule has 0 saturated carbocycles. The maximum absolute atomic E-state index is 12.7. The van der Waals surface area contributed by atoms with Crippen LogP contribution in [0.5, 0.6) is 0 Å². The molecule has 3 amide bonds. The molecule has 0 radical (unpaired) electrons. The van der Waals surface area contributed by atoms with Crippen LogP contribution in [0.15, 0.2) is 18.3 Å². The number of carbonyl (C=O) groups excluding carboxylic acids is 3. The van der Waals surface area contributed by atoms with E-state index >= 15 is 0 Å². The molecule has 1 aromatic rings. The number of amides is 3. The Bertz CT molecular complexity index is 646. The normalized spacial score (nSPS) is 21.0. The molecule has 0 bridgehead atoms. The van der Waals surface area contributed by atoms with Gasteiger partial charge in [0.2, 0.25) is 11.8 Å². The van der Waals surface area contributed by atoms with Crippen LogP contribution in [0.2, 0.25) is 0 Å². The number of pyridine rings is 1. The van der Waals surface area contributed by atoms with Gasteiger partial charge in [-0.25, -0.2) is 0 Å². The van der Waals surface area contributed by atoms with Crippen LogP contribution in [-0.2, 0) is 16.0 Å². The summed E-state index contributed by atoms with van der Waals surface area (Å²) in [4.78, 5) is 44.0. The van der Waals surface area contributed by atoms with Crippen molar-refractivity contribution < 1.29 is 14.4 Å². The lowest BCUT2D eigenvalue weighted by Gasteiger charge is -2.42. The van der Waals surface area contributed by atoms with Crippen LogP contribution >= 0.6 is 0 Å². The van der Waals surface area contributed by atoms with E-state index in [1.807, 2.05) is 6.07 Å². The zero-order valence-electron chi connectivity index (χ0n) is 13.1. The molecule has 2 saturated heterocycles. The Morgan fingerprint density at radius 2 is 2.22 bits per heavy atom. The molecule has 1 atom stereocenters. The first-order valence-corrected chi connectivity index (χ1v) is 7.91. The number of carbonyl (C=O) groups is 3. The van der Waals surface area contributed by atoms with Gasteiger partial charge in [-0.15, -0.1) is 0 Å². The summed E-state index contributed by atoms with van der Waals surface area (Å²) >= 11 is 0. The average molecular weight is 316 g/mol. The van der Waals surface area contributed by atoms with Gasteiger partial charge in [-0.2, -0.15) is 0 Å². The third-order valence-electron chi connectivity index (χ3n) is 4.27. The lowest BCUT2D eigenvalue weighted by molar-refractivity contribution is -0.148. The van der Waals surface area contributed by atoms with Crippen molar-refractivity contribution in [3.8, 4) is 0 Å². The second-order valence-corrected chi connectivity index (χ2v) is 5.86. The van der Waals surface area contributed by atoms with Gasteiger partial charge in [-0.3, -0.25) is 19.4 Å². The van der Waals surface area contributed by atoms with Crippen LogP contribution < -0.4 is 5.32 Å². The summed E-state index contributed by atoms with van der Waals surface area (Å²) in [7, 11) is 0. The van der Waals surface area contributed by atoms with Gasteiger partial charge in [0.1, 0.15) is 6.04 Å². The molecule has 2 aliphatic rings. The minimum Gasteiger partial charge on any atom is -0.345 e. The molecule has 7 nitrogen and oxygen atoms in total. The second kappa shape index (κ2) is 6.36. The molecule has 1 aromatic heterocycles. The fraction of sp³-hybridized carbons (Fsp3) is 0.500. The Morgan fingerprint density at radius 3 is 3.00 bits per heavy atom. The van der Waals surface area contributed by atoms with E-state index in [0.29, 0.717) is 18.7 Å². The maximum Gasteiger partial charge on any atom is 0.254 e. The first-order chi connectivity index (χ1) is 11.1. The minimum absolute atomic E-state index is 0.0496. The van der Waals surface area contributed by atoms with E-state index in [-0.39, 0.29) is 30.8 Å². The highest BCUT2D eigenvalue weighted by atomic mass is 16.2. The number of fused-ring (bicyclic) bond motifs is 1. The molecule has 2 fully saturated rings. The van der Waals surface area contributed by atoms with Crippen LogP contribution in [0.1, 0.15) is 29.4 Å². The molecule has 3 rings (SSSR count). The number of nitrogens with one attached hydrogen (secondary N) is 1. The fourth-order valence-electron chi connectivity index (χ4n) is 3.06. The molecule has 0 unspecified atom stereocenters. The van der Waals surface area contributed by atoms with E-state index < -0.39 is 6.04 Å². The van der Waals surface area contributed by atoms with Crippen LogP contribution in [0.25, 0.3) is 0 Å². The molecular weight excluding hydrogens is 296 g/mol. The molecule has 7 heteroatoms. The number of aromatic nitrogens is 1. The summed E-state index contributed by atoms with van der Waals surface area (Å²) in [6.07, 6.45) is 3.44. The van der Waals surface area contributed by atoms with Crippen LogP contribution in [0, 0.1) is 0 Å². The first-order valence-electron chi connectivity index (χ1n) is 7.91. The van der Waals surface area contributed by atoms with Crippen molar-refractivity contribution in [1.29, 1.82) is 0 Å². The molecule has 0 aromatic carbocycles. The molecule has 2 aliphatic heterocycles. The second-order valence-electron chi connectivity index (χ2n) is 5.86. The summed E-state index contributed by atoms with van der Waals surface area (Å²) in [5.41, 5.74) is 1.47. The van der Waals surface area contributed by atoms with Gasteiger partial charge in [0.15, 0.2) is 0 Å². The zero-order valence-corrected chi connectivity index (χ0v) is 13.1. The third kappa shape index (κ3) is 3.04. The van der Waals surface area contributed by atoms with Gasteiger partial charge in [-0.05, 0) is 18.6 Å². The lowest BCUT2D eigenvalue weighted by Crippen LogP contribution is -2.66. The fourth-order valence-corrected chi connectivity index (χ4v) is 3.06. The van der Waals surface area contributed by atoms with Crippen molar-refractivity contribution in [2.75, 3.05) is 26.2 Å². The SMILES string of the molecule is CCCc1cc(C(=O)N2CCN3C(=O)CNC(=O)[C@H]3C2)ccn1. The van der Waals surface area contributed by atoms with Gasteiger partial charge in [0.25, 0.3) is 5.91 Å². The van der Waals surface area contributed by atoms with E-state index in [4.69, 9.17) is 0 Å². The Kier molecular flexibility index (Phi) is 4.27. The largest absolute Gasteiger partial charge is 0.345 e. The molecule has 3 heterocycles. The van der Waals surface area contributed by atoms with E-state index in [1.54, 1.807) is 22.1 Å². The summed E-state index contributed by atoms with van der Waals surface area (Å²) in [5.74, 6) is -0.394. The van der Waals surface area contributed by atoms with Crippen LogP contribution in [-0.4, -0.2) is 64.7 Å². The van der Waals surface area contributed by atoms with Crippen molar-refractivity contribution in [1.82, 2.24) is 20.1 Å². The molecule has 0 spiro atoms. The molecule has 23 heavy (non-hydrogen) atoms. The summed E-state index contributed by atoms with van der Waals surface area (Å²) < 4.78 is 0. The van der Waals surface area contributed by atoms with Crippen molar-refractivity contribution in [3.05, 3.63) is 29.6 Å². The smallest absolute Gasteiger partial charge is 0.254 e. The van der Waals surface area contributed by atoms with Crippen molar-refractivity contribution in [2.24, 2.45) is 0 Å². The molecule has 0 aliphatic carbocycles. The number of nitrogens with zero attached hydrogens (tertiary/aromatic N) is 3. The van der Waals surface area contributed by atoms with Crippen LogP contribution in [0.4, 0.5) is 0 Å². The maximum atomic E-state index is 12.7. The highest BCUT2D eigenvalue weighted by Gasteiger charge is 2.39. The number of hydrogen-bond acceptors (Lipinski definition) is 4. The topological polar surface area (TPSA) is 82.6 Å². The standard InChI is InChI=1S/C16H20N4O3/c1-2-3-12-8-11(4-5-17-12)16(23)19-6-7-20-13(10-19)15(22)18-9-14(20)21/h4-5,8,13H,2-3,6-7,9-10H2,1H3,(H,18,22)/t13-/m1/s1. The zero-order chi connectivity index (χ0) is 16.4. The first kappa shape index (κ1) is 15.5. The van der Waals surface area contributed by atoms with Crippen molar-refractivity contribution in [2.45, 2.75) is 25.8 Å². The summed E-state index contributed by atoms with van der Waals surface area (Å²) in [5, 5.41) is 2.58. The van der Waals surface area contributed by atoms with Gasteiger partial charge in [-0.1, -0.05) is 13.3 Å². The Morgan fingerprint density at radius 1 is 1.39 bits per heavy atom. The van der Waals surface area contributed by atoms with Gasteiger partial charge < -0.3 is 15.1 Å². The van der Waals surface area contributed by atoms with Crippen LogP contribution in [0.3, 0.4) is 0 Å². The minimum atomic E-state index is -0.578. The summed E-state index contributed by atoms with van der Waals surface area (Å²) in [6, 6.07) is 2.93. The number of aryl methyl sites for hydroxylation is 1. The number of piperazine rings is 2. The number of hydrogen-bond donors (Lipinski definition) is 1. The van der Waals surface area contributed by atoms with Gasteiger partial charge in [0, 0.05) is 30.5 Å². The van der Waals surface area contributed by atoms with Gasteiger partial charge in [0.05, 0.1) is 13.1 Å². The Labute approximate surface area is 134 Å². The van der Waals surface area contributed by atoms with E-state index in [9.17, 15) is 14.4 Å². The lowest BCUT2D eigenvalue weighted by atomic mass is 10.1. The average Bonchev–Trinajstić information content (AvgIpc) is 2.58. The van der Waals surface area contributed by atoms with Gasteiger partial charge >= 0.3 is 0 Å². The van der Waals surface area contributed by atoms with E-state index in [2.05, 4.69) is 17.2 Å². The van der Waals surface area contributed by atoms with Crippen molar-refractivity contribution in [3.63, 3.8) is 0 Å². The van der Waals surface area contributed by atoms with E-state index in [0.717, 1.165) is 18.5 Å². The highest BCUT2D eigenvalue weighted by Crippen LogP contribution is 2.16. The van der Waals surface area contributed by atoms with Crippen molar-refractivity contribution >= 4 is 17.7 Å². The molecular formula is C16H20N4O3. The predicted octanol–water partition coefficient (Wildman–Crippen LogP) is -0.183. The molecule has 1 N–H and O–H groups in total. The van der Waals surface area contributed by atoms with E-state index in [1.165, 1.54) is 0 Å². The quantitative estimate of drug-likeness (QED) is 0.838. The Hall–Kier alpha value is -2.44. The Balaban J connectivity index is 1.75. The predicted molar refractivity (Wildman–Crippen MR) is 82.6 cm³/mol. The monoisotopic (exact) mass is 316 g/mol. The molecule has 122 valence electrons. The summed E-state index contributed by atoms with van der Waals surface area (Å²) in [6.45, 7) is 3.19. The highest BCUT2D eigenvalue weighted by molar-refractivity contribution is 5.98.